The number of fused-ring (bicyclic) bond motifs is 1. The number of hydrogen-bond acceptors (Lipinski definition) is 3. The smallest absolute Gasteiger partial charge is 0.259 e. The summed E-state index contributed by atoms with van der Waals surface area (Å²) in [6, 6.07) is 13.8. The van der Waals surface area contributed by atoms with Gasteiger partial charge in [-0.15, -0.1) is 0 Å². The van der Waals surface area contributed by atoms with E-state index in [0.29, 0.717) is 28.2 Å². The quantitative estimate of drug-likeness (QED) is 0.778. The molecule has 2 aromatic carbocycles. The topological polar surface area (TPSA) is 85.3 Å². The molecule has 0 atom stereocenters. The number of rotatable bonds is 3. The number of carbonyl (C=O) groups is 2. The van der Waals surface area contributed by atoms with Crippen LogP contribution in [0.2, 0.25) is 0 Å². The van der Waals surface area contributed by atoms with E-state index in [1.54, 1.807) is 31.2 Å². The van der Waals surface area contributed by atoms with Crippen LogP contribution in [0, 0.1) is 6.92 Å². The molecule has 0 aliphatic rings. The summed E-state index contributed by atoms with van der Waals surface area (Å²) >= 11 is 0. The Hall–Kier alpha value is -3.08. The van der Waals surface area contributed by atoms with Gasteiger partial charge >= 0.3 is 0 Å². The van der Waals surface area contributed by atoms with Crippen molar-refractivity contribution in [3.63, 3.8) is 0 Å². The Morgan fingerprint density at radius 2 is 1.73 bits per heavy atom. The van der Waals surface area contributed by atoms with Gasteiger partial charge in [-0.2, -0.15) is 0 Å². The van der Waals surface area contributed by atoms with Gasteiger partial charge in [-0.1, -0.05) is 18.2 Å². The van der Waals surface area contributed by atoms with Crippen molar-refractivity contribution in [1.82, 2.24) is 0 Å². The third-order valence-corrected chi connectivity index (χ3v) is 3.43. The van der Waals surface area contributed by atoms with Crippen molar-refractivity contribution in [1.29, 1.82) is 0 Å². The Bertz CT molecular complexity index is 863. The van der Waals surface area contributed by atoms with E-state index in [0.717, 1.165) is 5.39 Å². The number of benzene rings is 2. The Morgan fingerprint density at radius 1 is 1.05 bits per heavy atom. The van der Waals surface area contributed by atoms with E-state index in [4.69, 9.17) is 10.2 Å². The first-order valence-electron chi connectivity index (χ1n) is 6.75. The lowest BCUT2D eigenvalue weighted by Crippen LogP contribution is -2.13. The number of carbonyl (C=O) groups excluding carboxylic acids is 2. The van der Waals surface area contributed by atoms with Crippen molar-refractivity contribution in [2.75, 3.05) is 5.32 Å². The van der Waals surface area contributed by atoms with Crippen LogP contribution in [-0.2, 0) is 0 Å². The summed E-state index contributed by atoms with van der Waals surface area (Å²) in [5, 5.41) is 3.56. The number of para-hydroxylation sites is 1. The number of amides is 2. The number of aryl methyl sites for hydroxylation is 1. The highest BCUT2D eigenvalue weighted by atomic mass is 16.3. The van der Waals surface area contributed by atoms with Gasteiger partial charge < -0.3 is 15.5 Å². The van der Waals surface area contributed by atoms with Gasteiger partial charge in [-0.3, -0.25) is 9.59 Å². The normalized spacial score (nSPS) is 10.6. The molecule has 22 heavy (non-hydrogen) atoms. The number of furan rings is 1. The number of nitrogens with two attached hydrogens (primary N) is 1. The van der Waals surface area contributed by atoms with Gasteiger partial charge in [-0.05, 0) is 37.3 Å². The van der Waals surface area contributed by atoms with Crippen LogP contribution >= 0.6 is 0 Å². The molecule has 1 aromatic heterocycles. The molecule has 5 nitrogen and oxygen atoms in total. The Morgan fingerprint density at radius 3 is 2.41 bits per heavy atom. The molecule has 5 heteroatoms. The van der Waals surface area contributed by atoms with Crippen LogP contribution < -0.4 is 11.1 Å². The number of primary amides is 1. The Kier molecular flexibility index (Phi) is 3.39. The molecule has 0 saturated heterocycles. The van der Waals surface area contributed by atoms with Crippen LogP contribution in [0.3, 0.4) is 0 Å². The summed E-state index contributed by atoms with van der Waals surface area (Å²) in [4.78, 5) is 23.5. The van der Waals surface area contributed by atoms with E-state index in [1.807, 2.05) is 24.3 Å². The summed E-state index contributed by atoms with van der Waals surface area (Å²) in [6.45, 7) is 1.76. The zero-order valence-electron chi connectivity index (χ0n) is 11.9. The number of anilines is 1. The molecule has 1 heterocycles. The lowest BCUT2D eigenvalue weighted by Gasteiger charge is -2.05. The van der Waals surface area contributed by atoms with E-state index in [9.17, 15) is 9.59 Å². The Balaban J connectivity index is 1.90. The van der Waals surface area contributed by atoms with Crippen molar-refractivity contribution in [2.24, 2.45) is 5.73 Å². The molecular formula is C17H14N2O3. The maximum Gasteiger partial charge on any atom is 0.259 e. The summed E-state index contributed by atoms with van der Waals surface area (Å²) < 4.78 is 5.59. The number of hydrogen-bond donors (Lipinski definition) is 2. The monoisotopic (exact) mass is 294 g/mol. The van der Waals surface area contributed by atoms with Crippen LogP contribution in [0.25, 0.3) is 11.0 Å². The predicted octanol–water partition coefficient (Wildman–Crippen LogP) is 3.09. The van der Waals surface area contributed by atoms with E-state index >= 15 is 0 Å². The average molecular weight is 294 g/mol. The molecule has 0 bridgehead atoms. The summed E-state index contributed by atoms with van der Waals surface area (Å²) in [6.07, 6.45) is 0. The van der Waals surface area contributed by atoms with Crippen LogP contribution in [-0.4, -0.2) is 11.8 Å². The van der Waals surface area contributed by atoms with Crippen LogP contribution in [0.15, 0.2) is 52.9 Å². The third kappa shape index (κ3) is 2.44. The fourth-order valence-corrected chi connectivity index (χ4v) is 2.36. The molecule has 0 saturated carbocycles. The van der Waals surface area contributed by atoms with E-state index < -0.39 is 5.91 Å². The molecule has 3 rings (SSSR count). The van der Waals surface area contributed by atoms with Crippen molar-refractivity contribution in [3.8, 4) is 0 Å². The van der Waals surface area contributed by atoms with Crippen molar-refractivity contribution < 1.29 is 14.0 Å². The standard InChI is InChI=1S/C17H14N2O3/c1-10-15(13-4-2-3-5-14(13)22-10)17(21)19-12-8-6-11(7-9-12)16(18)20/h2-9H,1H3,(H2,18,20)(H,19,21). The third-order valence-electron chi connectivity index (χ3n) is 3.43. The molecular weight excluding hydrogens is 280 g/mol. The fourth-order valence-electron chi connectivity index (χ4n) is 2.36. The van der Waals surface area contributed by atoms with Gasteiger partial charge in [0.05, 0.1) is 5.56 Å². The highest BCUT2D eigenvalue weighted by Crippen LogP contribution is 2.26. The highest BCUT2D eigenvalue weighted by molar-refractivity contribution is 6.13. The first kappa shape index (κ1) is 13.9. The predicted molar refractivity (Wildman–Crippen MR) is 83.9 cm³/mol. The second kappa shape index (κ2) is 5.37. The first-order chi connectivity index (χ1) is 10.6. The minimum absolute atomic E-state index is 0.255. The summed E-state index contributed by atoms with van der Waals surface area (Å²) in [5.74, 6) is -0.198. The van der Waals surface area contributed by atoms with Crippen LogP contribution in [0.5, 0.6) is 0 Å². The minimum atomic E-state index is -0.505. The molecule has 0 fully saturated rings. The van der Waals surface area contributed by atoms with E-state index in [2.05, 4.69) is 5.32 Å². The van der Waals surface area contributed by atoms with Crippen molar-refractivity contribution in [2.45, 2.75) is 6.92 Å². The highest BCUT2D eigenvalue weighted by Gasteiger charge is 2.17. The number of nitrogens with one attached hydrogen (secondary N) is 1. The van der Waals surface area contributed by atoms with Crippen LogP contribution in [0.1, 0.15) is 26.5 Å². The second-order valence-corrected chi connectivity index (χ2v) is 4.93. The van der Waals surface area contributed by atoms with E-state index in [-0.39, 0.29) is 5.91 Å². The molecule has 0 aliphatic heterocycles. The molecule has 3 N–H and O–H groups in total. The first-order valence-corrected chi connectivity index (χ1v) is 6.75. The van der Waals surface area contributed by atoms with Gasteiger partial charge in [-0.25, -0.2) is 0 Å². The SMILES string of the molecule is Cc1oc2ccccc2c1C(=O)Nc1ccc(C(N)=O)cc1. The fraction of sp³-hybridized carbons (Fsp3) is 0.0588. The average Bonchev–Trinajstić information content (AvgIpc) is 2.83. The zero-order valence-corrected chi connectivity index (χ0v) is 11.9. The van der Waals surface area contributed by atoms with Gasteiger partial charge in [0.2, 0.25) is 5.91 Å². The maximum atomic E-state index is 12.5. The Labute approximate surface area is 126 Å². The summed E-state index contributed by atoms with van der Waals surface area (Å²) in [5.41, 5.74) is 7.34. The van der Waals surface area contributed by atoms with E-state index in [1.165, 1.54) is 0 Å². The molecule has 3 aromatic rings. The lowest BCUT2D eigenvalue weighted by molar-refractivity contribution is 0.0998. The van der Waals surface area contributed by atoms with Gasteiger partial charge in [0.1, 0.15) is 11.3 Å². The largest absolute Gasteiger partial charge is 0.461 e. The van der Waals surface area contributed by atoms with Gasteiger partial charge in [0.15, 0.2) is 0 Å². The second-order valence-electron chi connectivity index (χ2n) is 4.93. The molecule has 110 valence electrons. The molecule has 0 aliphatic carbocycles. The molecule has 0 radical (unpaired) electrons. The zero-order chi connectivity index (χ0) is 15.7. The minimum Gasteiger partial charge on any atom is -0.461 e. The lowest BCUT2D eigenvalue weighted by atomic mass is 10.1. The van der Waals surface area contributed by atoms with Gasteiger partial charge in [0, 0.05) is 16.6 Å². The van der Waals surface area contributed by atoms with Crippen molar-refractivity contribution >= 4 is 28.5 Å². The summed E-state index contributed by atoms with van der Waals surface area (Å²) in [7, 11) is 0. The van der Waals surface area contributed by atoms with Crippen molar-refractivity contribution in [3.05, 3.63) is 65.4 Å². The van der Waals surface area contributed by atoms with Gasteiger partial charge in [0.25, 0.3) is 5.91 Å². The molecule has 0 unspecified atom stereocenters. The molecule has 0 spiro atoms. The maximum absolute atomic E-state index is 12.5. The van der Waals surface area contributed by atoms with Crippen LogP contribution in [0.4, 0.5) is 5.69 Å². The molecule has 2 amide bonds.